The number of hydrogen-bond acceptors (Lipinski definition) is 3. The van der Waals surface area contributed by atoms with Gasteiger partial charge in [0.05, 0.1) is 0 Å². The summed E-state index contributed by atoms with van der Waals surface area (Å²) in [4.78, 5) is 14.7. The van der Waals surface area contributed by atoms with Crippen molar-refractivity contribution in [1.82, 2.24) is 4.90 Å². The number of nitrogens with one attached hydrogen (secondary N) is 1. The van der Waals surface area contributed by atoms with Gasteiger partial charge >= 0.3 is 0 Å². The second kappa shape index (κ2) is 9.39. The fourth-order valence-electron chi connectivity index (χ4n) is 3.60. The first-order chi connectivity index (χ1) is 14.3. The number of rotatable bonds is 7. The van der Waals surface area contributed by atoms with Crippen LogP contribution in [0, 0.1) is 0 Å². The van der Waals surface area contributed by atoms with Gasteiger partial charge in [-0.3, -0.25) is 9.69 Å². The Morgan fingerprint density at radius 1 is 0.897 bits per heavy atom. The summed E-state index contributed by atoms with van der Waals surface area (Å²) in [6.45, 7) is 3.25. The third-order valence-electron chi connectivity index (χ3n) is 5.25. The highest BCUT2D eigenvalue weighted by molar-refractivity contribution is 5.90. The summed E-state index contributed by atoms with van der Waals surface area (Å²) < 4.78 is 5.79. The van der Waals surface area contributed by atoms with E-state index in [4.69, 9.17) is 4.74 Å². The summed E-state index contributed by atoms with van der Waals surface area (Å²) in [5, 5.41) is 2.98. The van der Waals surface area contributed by atoms with Crippen LogP contribution in [0.5, 0.6) is 5.75 Å². The van der Waals surface area contributed by atoms with E-state index in [0.29, 0.717) is 13.0 Å². The van der Waals surface area contributed by atoms with E-state index < -0.39 is 0 Å². The number of amides is 1. The van der Waals surface area contributed by atoms with Crippen LogP contribution in [0.25, 0.3) is 0 Å². The van der Waals surface area contributed by atoms with Gasteiger partial charge in [0.2, 0.25) is 5.91 Å². The predicted octanol–water partition coefficient (Wildman–Crippen LogP) is 4.65. The molecule has 148 valence electrons. The molecule has 0 fully saturated rings. The zero-order valence-electron chi connectivity index (χ0n) is 16.5. The van der Waals surface area contributed by atoms with Gasteiger partial charge in [0.1, 0.15) is 12.4 Å². The summed E-state index contributed by atoms with van der Waals surface area (Å²) in [5.74, 6) is 0.834. The Bertz CT molecular complexity index is 939. The van der Waals surface area contributed by atoms with E-state index in [1.165, 1.54) is 11.1 Å². The summed E-state index contributed by atoms with van der Waals surface area (Å²) in [6, 6.07) is 26.2. The number of fused-ring (bicyclic) bond motifs is 1. The third kappa shape index (κ3) is 5.46. The van der Waals surface area contributed by atoms with E-state index in [1.54, 1.807) is 0 Å². The van der Waals surface area contributed by atoms with Crippen molar-refractivity contribution in [3.05, 3.63) is 95.6 Å². The van der Waals surface area contributed by atoms with E-state index in [-0.39, 0.29) is 5.91 Å². The Morgan fingerprint density at radius 2 is 1.62 bits per heavy atom. The molecule has 1 aliphatic rings. The summed E-state index contributed by atoms with van der Waals surface area (Å²) in [5.41, 5.74) is 4.74. The van der Waals surface area contributed by atoms with Crippen LogP contribution in [-0.4, -0.2) is 23.9 Å². The second-order valence-electron chi connectivity index (χ2n) is 7.39. The molecule has 0 radical (unpaired) electrons. The lowest BCUT2D eigenvalue weighted by Crippen LogP contribution is -2.33. The maximum atomic E-state index is 12.3. The average Bonchev–Trinajstić information content (AvgIpc) is 2.78. The maximum Gasteiger partial charge on any atom is 0.225 e. The van der Waals surface area contributed by atoms with E-state index in [9.17, 15) is 4.79 Å². The first-order valence-corrected chi connectivity index (χ1v) is 10.1. The van der Waals surface area contributed by atoms with Gasteiger partial charge < -0.3 is 10.1 Å². The first kappa shape index (κ1) is 19.2. The molecule has 0 atom stereocenters. The predicted molar refractivity (Wildman–Crippen MR) is 116 cm³/mol. The smallest absolute Gasteiger partial charge is 0.225 e. The minimum absolute atomic E-state index is 0.0433. The molecule has 29 heavy (non-hydrogen) atoms. The molecule has 0 aromatic heterocycles. The SMILES string of the molecule is O=C(CCN1CCc2ccccc2C1)Nc1ccc(OCc2ccccc2)cc1. The Morgan fingerprint density at radius 3 is 2.41 bits per heavy atom. The Balaban J connectivity index is 1.22. The van der Waals surface area contributed by atoms with Gasteiger partial charge in [-0.05, 0) is 47.4 Å². The zero-order valence-corrected chi connectivity index (χ0v) is 16.5. The molecular formula is C25H26N2O2. The van der Waals surface area contributed by atoms with Crippen molar-refractivity contribution in [3.63, 3.8) is 0 Å². The molecule has 0 saturated heterocycles. The largest absolute Gasteiger partial charge is 0.489 e. The molecule has 1 heterocycles. The van der Waals surface area contributed by atoms with Crippen molar-refractivity contribution < 1.29 is 9.53 Å². The molecule has 0 bridgehead atoms. The van der Waals surface area contributed by atoms with Crippen LogP contribution in [0.4, 0.5) is 5.69 Å². The van der Waals surface area contributed by atoms with Crippen LogP contribution in [0.3, 0.4) is 0 Å². The van der Waals surface area contributed by atoms with Crippen molar-refractivity contribution in [1.29, 1.82) is 0 Å². The van der Waals surface area contributed by atoms with Gasteiger partial charge in [-0.1, -0.05) is 54.6 Å². The number of hydrogen-bond donors (Lipinski definition) is 1. The number of carbonyl (C=O) groups excluding carboxylic acids is 1. The number of ether oxygens (including phenoxy) is 1. The lowest BCUT2D eigenvalue weighted by atomic mass is 10.00. The Labute approximate surface area is 172 Å². The molecule has 4 nitrogen and oxygen atoms in total. The highest BCUT2D eigenvalue weighted by atomic mass is 16.5. The fraction of sp³-hybridized carbons (Fsp3) is 0.240. The summed E-state index contributed by atoms with van der Waals surface area (Å²) in [6.07, 6.45) is 1.55. The van der Waals surface area contributed by atoms with Gasteiger partial charge in [0.25, 0.3) is 0 Å². The molecule has 0 spiro atoms. The highest BCUT2D eigenvalue weighted by Gasteiger charge is 2.16. The first-order valence-electron chi connectivity index (χ1n) is 10.1. The van der Waals surface area contributed by atoms with Crippen LogP contribution in [0.2, 0.25) is 0 Å². The van der Waals surface area contributed by atoms with Crippen LogP contribution in [0.15, 0.2) is 78.9 Å². The molecule has 3 aromatic rings. The van der Waals surface area contributed by atoms with Crippen molar-refractivity contribution in [3.8, 4) is 5.75 Å². The van der Waals surface area contributed by atoms with Gasteiger partial charge in [0, 0.05) is 31.7 Å². The van der Waals surface area contributed by atoms with Crippen molar-refractivity contribution in [2.45, 2.75) is 26.0 Å². The minimum Gasteiger partial charge on any atom is -0.489 e. The molecule has 1 amide bonds. The van der Waals surface area contributed by atoms with E-state index in [0.717, 1.165) is 43.1 Å². The zero-order chi connectivity index (χ0) is 19.9. The molecule has 1 aliphatic heterocycles. The molecule has 0 saturated carbocycles. The molecule has 1 N–H and O–H groups in total. The number of carbonyl (C=O) groups is 1. The summed E-state index contributed by atoms with van der Waals surface area (Å²) in [7, 11) is 0. The Kier molecular flexibility index (Phi) is 6.22. The minimum atomic E-state index is 0.0433. The second-order valence-corrected chi connectivity index (χ2v) is 7.39. The molecule has 0 unspecified atom stereocenters. The van der Waals surface area contributed by atoms with Gasteiger partial charge in [0.15, 0.2) is 0 Å². The average molecular weight is 386 g/mol. The third-order valence-corrected chi connectivity index (χ3v) is 5.25. The van der Waals surface area contributed by atoms with Crippen molar-refractivity contribution in [2.24, 2.45) is 0 Å². The summed E-state index contributed by atoms with van der Waals surface area (Å²) >= 11 is 0. The molecule has 4 heteroatoms. The maximum absolute atomic E-state index is 12.3. The van der Waals surface area contributed by atoms with Crippen molar-refractivity contribution >= 4 is 11.6 Å². The quantitative estimate of drug-likeness (QED) is 0.642. The van der Waals surface area contributed by atoms with Gasteiger partial charge in [-0.15, -0.1) is 0 Å². The lowest BCUT2D eigenvalue weighted by molar-refractivity contribution is -0.116. The van der Waals surface area contributed by atoms with Gasteiger partial charge in [-0.25, -0.2) is 0 Å². The number of benzene rings is 3. The van der Waals surface area contributed by atoms with E-state index in [1.807, 2.05) is 54.6 Å². The standard InChI is InChI=1S/C25H26N2O2/c28-25(15-17-27-16-14-21-8-4-5-9-22(21)18-27)26-23-10-12-24(13-11-23)29-19-20-6-2-1-3-7-20/h1-13H,14-19H2,(H,26,28). The van der Waals surface area contributed by atoms with Crippen LogP contribution in [0.1, 0.15) is 23.1 Å². The van der Waals surface area contributed by atoms with Crippen LogP contribution >= 0.6 is 0 Å². The van der Waals surface area contributed by atoms with Crippen molar-refractivity contribution in [2.75, 3.05) is 18.4 Å². The molecule has 0 aliphatic carbocycles. The molecular weight excluding hydrogens is 360 g/mol. The van der Waals surface area contributed by atoms with E-state index >= 15 is 0 Å². The topological polar surface area (TPSA) is 41.6 Å². The fourth-order valence-corrected chi connectivity index (χ4v) is 3.60. The van der Waals surface area contributed by atoms with Crippen LogP contribution in [-0.2, 0) is 24.4 Å². The monoisotopic (exact) mass is 386 g/mol. The normalized spacial score (nSPS) is 13.5. The van der Waals surface area contributed by atoms with E-state index in [2.05, 4.69) is 34.5 Å². The Hall–Kier alpha value is -3.11. The molecule has 3 aromatic carbocycles. The lowest BCUT2D eigenvalue weighted by Gasteiger charge is -2.28. The molecule has 4 rings (SSSR count). The highest BCUT2D eigenvalue weighted by Crippen LogP contribution is 2.19. The number of nitrogens with zero attached hydrogens (tertiary/aromatic N) is 1. The van der Waals surface area contributed by atoms with Gasteiger partial charge in [-0.2, -0.15) is 0 Å². The van der Waals surface area contributed by atoms with Crippen LogP contribution < -0.4 is 10.1 Å². The number of anilines is 1.